The van der Waals surface area contributed by atoms with Gasteiger partial charge in [0.15, 0.2) is 5.69 Å². The van der Waals surface area contributed by atoms with Gasteiger partial charge in [0.25, 0.3) is 5.91 Å². The van der Waals surface area contributed by atoms with Gasteiger partial charge in [0.05, 0.1) is 12.2 Å². The van der Waals surface area contributed by atoms with Crippen molar-refractivity contribution in [2.45, 2.75) is 85.2 Å². The number of carbonyl (C=O) groups excluding carboxylic acids is 1. The first kappa shape index (κ1) is 21.9. The van der Waals surface area contributed by atoms with Crippen molar-refractivity contribution in [1.29, 1.82) is 0 Å². The highest BCUT2D eigenvalue weighted by Gasteiger charge is 2.25. The van der Waals surface area contributed by atoms with Crippen molar-refractivity contribution in [3.63, 3.8) is 0 Å². The standard InChI is InChI=1S/C21H39N5O/c1-16(2)7-6-8-18(5)25(14-11-17(3)4)21(27)20-15-26(24-23-20)19-9-12-22-13-10-19/h15-19,22H,6-14H2,1-5H3. The molecule has 0 spiro atoms. The summed E-state index contributed by atoms with van der Waals surface area (Å²) in [5.41, 5.74) is 0.494. The van der Waals surface area contributed by atoms with Crippen LogP contribution in [-0.4, -0.2) is 51.5 Å². The highest BCUT2D eigenvalue weighted by atomic mass is 16.2. The van der Waals surface area contributed by atoms with Gasteiger partial charge in [-0.3, -0.25) is 4.79 Å². The van der Waals surface area contributed by atoms with Crippen molar-refractivity contribution in [1.82, 2.24) is 25.2 Å². The summed E-state index contributed by atoms with van der Waals surface area (Å²) in [7, 11) is 0. The van der Waals surface area contributed by atoms with Crippen molar-refractivity contribution in [2.24, 2.45) is 11.8 Å². The van der Waals surface area contributed by atoms with E-state index in [0.717, 1.165) is 51.7 Å². The third-order valence-electron chi connectivity index (χ3n) is 5.56. The van der Waals surface area contributed by atoms with Gasteiger partial charge in [-0.15, -0.1) is 5.10 Å². The molecule has 0 aromatic carbocycles. The van der Waals surface area contributed by atoms with E-state index in [1.165, 1.54) is 6.42 Å². The first-order valence-corrected chi connectivity index (χ1v) is 10.8. The van der Waals surface area contributed by atoms with Crippen LogP contribution < -0.4 is 5.32 Å². The molecule has 1 unspecified atom stereocenters. The van der Waals surface area contributed by atoms with Crippen LogP contribution in [0.15, 0.2) is 6.20 Å². The second-order valence-corrected chi connectivity index (χ2v) is 8.92. The third kappa shape index (κ3) is 6.91. The lowest BCUT2D eigenvalue weighted by atomic mass is 10.0. The van der Waals surface area contributed by atoms with Crippen LogP contribution in [0, 0.1) is 11.8 Å². The zero-order chi connectivity index (χ0) is 19.8. The fourth-order valence-corrected chi connectivity index (χ4v) is 3.67. The molecule has 0 radical (unpaired) electrons. The van der Waals surface area contributed by atoms with Gasteiger partial charge in [0.2, 0.25) is 0 Å². The minimum atomic E-state index is 0.0351. The molecular weight excluding hydrogens is 338 g/mol. The van der Waals surface area contributed by atoms with Gasteiger partial charge in [-0.1, -0.05) is 45.7 Å². The summed E-state index contributed by atoms with van der Waals surface area (Å²) >= 11 is 0. The lowest BCUT2D eigenvalue weighted by Gasteiger charge is -2.29. The van der Waals surface area contributed by atoms with Crippen molar-refractivity contribution in [2.75, 3.05) is 19.6 Å². The van der Waals surface area contributed by atoms with Crippen LogP contribution in [0.25, 0.3) is 0 Å². The van der Waals surface area contributed by atoms with Crippen LogP contribution in [0.5, 0.6) is 0 Å². The van der Waals surface area contributed by atoms with E-state index in [0.29, 0.717) is 23.6 Å². The van der Waals surface area contributed by atoms with E-state index < -0.39 is 0 Å². The lowest BCUT2D eigenvalue weighted by Crippen LogP contribution is -2.40. The molecule has 1 fully saturated rings. The molecule has 6 heteroatoms. The number of nitrogens with one attached hydrogen (secondary N) is 1. The first-order chi connectivity index (χ1) is 12.9. The number of nitrogens with zero attached hydrogens (tertiary/aromatic N) is 4. The van der Waals surface area contributed by atoms with E-state index in [2.05, 4.69) is 50.2 Å². The van der Waals surface area contributed by atoms with Crippen LogP contribution in [0.1, 0.15) is 89.7 Å². The Morgan fingerprint density at radius 3 is 2.44 bits per heavy atom. The Balaban J connectivity index is 2.04. The molecule has 27 heavy (non-hydrogen) atoms. The average Bonchev–Trinajstić information content (AvgIpc) is 3.12. The van der Waals surface area contributed by atoms with E-state index in [9.17, 15) is 4.79 Å². The summed E-state index contributed by atoms with van der Waals surface area (Å²) in [6, 6.07) is 0.590. The summed E-state index contributed by atoms with van der Waals surface area (Å²) in [6.45, 7) is 13.9. The summed E-state index contributed by atoms with van der Waals surface area (Å²) in [5, 5.41) is 11.9. The van der Waals surface area contributed by atoms with E-state index in [1.807, 2.05) is 15.8 Å². The molecule has 2 rings (SSSR count). The molecule has 1 aromatic rings. The molecule has 154 valence electrons. The number of piperidine rings is 1. The second-order valence-electron chi connectivity index (χ2n) is 8.92. The highest BCUT2D eigenvalue weighted by Crippen LogP contribution is 2.19. The predicted octanol–water partition coefficient (Wildman–Crippen LogP) is 3.91. The molecule has 6 nitrogen and oxygen atoms in total. The number of carbonyl (C=O) groups is 1. The van der Waals surface area contributed by atoms with Gasteiger partial charge in [-0.05, 0) is 57.5 Å². The van der Waals surface area contributed by atoms with Crippen molar-refractivity contribution < 1.29 is 4.79 Å². The average molecular weight is 378 g/mol. The monoisotopic (exact) mass is 377 g/mol. The van der Waals surface area contributed by atoms with E-state index in [1.54, 1.807) is 0 Å². The quantitative estimate of drug-likeness (QED) is 0.671. The molecule has 1 amide bonds. The van der Waals surface area contributed by atoms with Gasteiger partial charge in [0, 0.05) is 12.6 Å². The fraction of sp³-hybridized carbons (Fsp3) is 0.857. The van der Waals surface area contributed by atoms with Gasteiger partial charge in [0.1, 0.15) is 0 Å². The maximum absolute atomic E-state index is 13.2. The third-order valence-corrected chi connectivity index (χ3v) is 5.56. The minimum Gasteiger partial charge on any atom is -0.334 e. The van der Waals surface area contributed by atoms with Crippen molar-refractivity contribution in [3.05, 3.63) is 11.9 Å². The maximum Gasteiger partial charge on any atom is 0.276 e. The number of aromatic nitrogens is 3. The summed E-state index contributed by atoms with van der Waals surface area (Å²) in [5.74, 6) is 1.32. The molecule has 1 aromatic heterocycles. The molecule has 1 atom stereocenters. The molecule has 1 saturated heterocycles. The predicted molar refractivity (Wildman–Crippen MR) is 110 cm³/mol. The Hall–Kier alpha value is -1.43. The molecule has 2 heterocycles. The minimum absolute atomic E-state index is 0.0351. The van der Waals surface area contributed by atoms with Crippen molar-refractivity contribution >= 4 is 5.91 Å². The van der Waals surface area contributed by atoms with Crippen LogP contribution in [0.3, 0.4) is 0 Å². The number of amides is 1. The zero-order valence-electron chi connectivity index (χ0n) is 17.9. The fourth-order valence-electron chi connectivity index (χ4n) is 3.67. The summed E-state index contributed by atoms with van der Waals surface area (Å²) < 4.78 is 1.90. The molecule has 1 aliphatic rings. The van der Waals surface area contributed by atoms with Crippen LogP contribution in [-0.2, 0) is 0 Å². The van der Waals surface area contributed by atoms with Gasteiger partial charge >= 0.3 is 0 Å². The van der Waals surface area contributed by atoms with Crippen molar-refractivity contribution in [3.8, 4) is 0 Å². The normalized spacial score (nSPS) is 16.9. The molecular formula is C21H39N5O. The number of hydrogen-bond acceptors (Lipinski definition) is 4. The Labute approximate surface area is 165 Å². The van der Waals surface area contributed by atoms with Gasteiger partial charge in [-0.2, -0.15) is 0 Å². The van der Waals surface area contributed by atoms with Gasteiger partial charge < -0.3 is 10.2 Å². The Morgan fingerprint density at radius 2 is 1.81 bits per heavy atom. The zero-order valence-corrected chi connectivity index (χ0v) is 17.9. The Morgan fingerprint density at radius 1 is 1.15 bits per heavy atom. The summed E-state index contributed by atoms with van der Waals surface area (Å²) in [4.78, 5) is 15.2. The number of hydrogen-bond donors (Lipinski definition) is 1. The topological polar surface area (TPSA) is 63.1 Å². The van der Waals surface area contributed by atoms with E-state index in [-0.39, 0.29) is 11.9 Å². The molecule has 1 N–H and O–H groups in total. The highest BCUT2D eigenvalue weighted by molar-refractivity contribution is 5.92. The molecule has 0 saturated carbocycles. The lowest BCUT2D eigenvalue weighted by molar-refractivity contribution is 0.0665. The summed E-state index contributed by atoms with van der Waals surface area (Å²) in [6.07, 6.45) is 8.38. The van der Waals surface area contributed by atoms with Crippen LogP contribution >= 0.6 is 0 Å². The second kappa shape index (κ2) is 10.8. The largest absolute Gasteiger partial charge is 0.334 e. The SMILES string of the molecule is CC(C)CCCC(C)N(CCC(C)C)C(=O)c1cn(C2CCNCC2)nn1. The smallest absolute Gasteiger partial charge is 0.276 e. The van der Waals surface area contributed by atoms with E-state index >= 15 is 0 Å². The van der Waals surface area contributed by atoms with E-state index in [4.69, 9.17) is 0 Å². The Kier molecular flexibility index (Phi) is 8.74. The maximum atomic E-state index is 13.2. The van der Waals surface area contributed by atoms with Crippen LogP contribution in [0.2, 0.25) is 0 Å². The van der Waals surface area contributed by atoms with Crippen LogP contribution in [0.4, 0.5) is 0 Å². The molecule has 0 bridgehead atoms. The molecule has 0 aliphatic carbocycles. The molecule has 1 aliphatic heterocycles. The Bertz CT molecular complexity index is 563. The first-order valence-electron chi connectivity index (χ1n) is 10.8. The number of rotatable bonds is 10. The van der Waals surface area contributed by atoms with Gasteiger partial charge in [-0.25, -0.2) is 4.68 Å².